The van der Waals surface area contributed by atoms with Gasteiger partial charge in [-0.3, -0.25) is 4.90 Å². The first-order chi connectivity index (χ1) is 18.9. The Morgan fingerprint density at radius 1 is 0.897 bits per heavy atom. The fourth-order valence-electron chi connectivity index (χ4n) is 5.62. The Morgan fingerprint density at radius 3 is 2.03 bits per heavy atom. The minimum atomic E-state index is -1.18. The van der Waals surface area contributed by atoms with E-state index in [0.717, 1.165) is 5.56 Å². The van der Waals surface area contributed by atoms with Crippen LogP contribution >= 0.6 is 0 Å². The predicted molar refractivity (Wildman–Crippen MR) is 145 cm³/mol. The van der Waals surface area contributed by atoms with Crippen molar-refractivity contribution in [3.05, 3.63) is 96.1 Å². The van der Waals surface area contributed by atoms with Crippen molar-refractivity contribution in [2.45, 2.75) is 37.5 Å². The lowest BCUT2D eigenvalue weighted by molar-refractivity contribution is -0.145. The van der Waals surface area contributed by atoms with E-state index in [9.17, 15) is 19.5 Å². The second kappa shape index (κ2) is 10.9. The van der Waals surface area contributed by atoms with Crippen LogP contribution in [0.4, 0.5) is 21.0 Å². The fraction of sp³-hybridized carbons (Fsp3) is 0.267. The Hall–Kier alpha value is -4.84. The monoisotopic (exact) mass is 523 g/mol. The molecule has 4 amide bonds. The van der Waals surface area contributed by atoms with Crippen LogP contribution in [0.5, 0.6) is 0 Å². The Kier molecular flexibility index (Phi) is 7.19. The lowest BCUT2D eigenvalue weighted by Crippen LogP contribution is -2.67. The van der Waals surface area contributed by atoms with E-state index in [1.54, 1.807) is 41.1 Å². The number of nitriles is 1. The van der Waals surface area contributed by atoms with Gasteiger partial charge >= 0.3 is 18.0 Å². The van der Waals surface area contributed by atoms with Gasteiger partial charge in [-0.2, -0.15) is 5.26 Å². The van der Waals surface area contributed by atoms with Crippen molar-refractivity contribution in [3.63, 3.8) is 0 Å². The van der Waals surface area contributed by atoms with Gasteiger partial charge in [0.1, 0.15) is 0 Å². The molecule has 0 unspecified atom stereocenters. The molecule has 2 fully saturated rings. The molecule has 3 aromatic rings. The second-order valence-corrected chi connectivity index (χ2v) is 9.88. The Labute approximate surface area is 227 Å². The number of likely N-dealkylation sites (tertiary alicyclic amines) is 1. The lowest BCUT2D eigenvalue weighted by atomic mass is 10.0. The summed E-state index contributed by atoms with van der Waals surface area (Å²) in [4.78, 5) is 46.5. The SMILES string of the molecule is CN(Cc1ccc(C#N)cc1)C(=O)N1[C@H]2CC[C@@H]1[C@H](C(=O)O)N(C(=O)N(c1ccccc1)c1ccccc1)C2. The molecule has 0 spiro atoms. The summed E-state index contributed by atoms with van der Waals surface area (Å²) in [6, 6.07) is 24.5. The van der Waals surface area contributed by atoms with Crippen molar-refractivity contribution in [1.82, 2.24) is 14.7 Å². The number of carbonyl (C=O) groups excluding carboxylic acids is 2. The van der Waals surface area contributed by atoms with E-state index in [4.69, 9.17) is 5.26 Å². The third-order valence-electron chi connectivity index (χ3n) is 7.42. The van der Waals surface area contributed by atoms with E-state index in [1.807, 2.05) is 60.7 Å². The van der Waals surface area contributed by atoms with Crippen LogP contribution in [-0.2, 0) is 11.3 Å². The van der Waals surface area contributed by atoms with Crippen LogP contribution in [0.1, 0.15) is 24.0 Å². The number of para-hydroxylation sites is 2. The summed E-state index contributed by atoms with van der Waals surface area (Å²) in [6.07, 6.45) is 1.11. The number of urea groups is 2. The van der Waals surface area contributed by atoms with E-state index in [2.05, 4.69) is 6.07 Å². The van der Waals surface area contributed by atoms with Gasteiger partial charge in [0.25, 0.3) is 0 Å². The van der Waals surface area contributed by atoms with Crippen LogP contribution in [0.3, 0.4) is 0 Å². The fourth-order valence-corrected chi connectivity index (χ4v) is 5.62. The summed E-state index contributed by atoms with van der Waals surface area (Å²) >= 11 is 0. The van der Waals surface area contributed by atoms with Crippen molar-refractivity contribution in [1.29, 1.82) is 5.26 Å². The van der Waals surface area contributed by atoms with E-state index in [-0.39, 0.29) is 18.6 Å². The lowest BCUT2D eigenvalue weighted by Gasteiger charge is -2.47. The molecule has 198 valence electrons. The highest BCUT2D eigenvalue weighted by atomic mass is 16.4. The molecule has 5 rings (SSSR count). The summed E-state index contributed by atoms with van der Waals surface area (Å²) < 4.78 is 0. The second-order valence-electron chi connectivity index (χ2n) is 9.88. The third kappa shape index (κ3) is 5.01. The number of fused-ring (bicyclic) bond motifs is 2. The van der Waals surface area contributed by atoms with Crippen molar-refractivity contribution in [3.8, 4) is 6.07 Å². The molecule has 39 heavy (non-hydrogen) atoms. The van der Waals surface area contributed by atoms with Crippen LogP contribution in [0.2, 0.25) is 0 Å². The molecule has 2 aliphatic rings. The van der Waals surface area contributed by atoms with Gasteiger partial charge in [-0.05, 0) is 54.8 Å². The highest BCUT2D eigenvalue weighted by Crippen LogP contribution is 2.37. The average molecular weight is 524 g/mol. The molecule has 2 saturated heterocycles. The molecule has 0 saturated carbocycles. The van der Waals surface area contributed by atoms with Gasteiger partial charge in [0.15, 0.2) is 6.04 Å². The minimum absolute atomic E-state index is 0.124. The maximum absolute atomic E-state index is 14.1. The molecule has 9 nitrogen and oxygen atoms in total. The Balaban J connectivity index is 1.41. The number of benzene rings is 3. The molecule has 9 heteroatoms. The number of hydrogen-bond acceptors (Lipinski definition) is 4. The van der Waals surface area contributed by atoms with Crippen LogP contribution in [0.25, 0.3) is 0 Å². The molecular weight excluding hydrogens is 494 g/mol. The number of rotatable bonds is 5. The molecule has 1 N–H and O–H groups in total. The molecular formula is C30H29N5O4. The third-order valence-corrected chi connectivity index (χ3v) is 7.42. The standard InChI is InChI=1S/C30H29N5O4/c1-32(19-22-14-12-21(18-31)13-15-22)29(38)35-25-16-17-26(35)27(28(36)37)33(20-25)30(39)34(23-8-4-2-5-9-23)24-10-6-3-7-11-24/h2-15,25-27H,16-17,19-20H2,1H3,(H,36,37)/t25-,26+,27+/m0/s1. The smallest absolute Gasteiger partial charge is 0.329 e. The molecule has 2 aliphatic heterocycles. The van der Waals surface area contributed by atoms with E-state index in [1.165, 1.54) is 9.80 Å². The van der Waals surface area contributed by atoms with Gasteiger partial charge in [-0.25, -0.2) is 14.4 Å². The molecule has 3 aromatic carbocycles. The summed E-state index contributed by atoms with van der Waals surface area (Å²) in [6.45, 7) is 0.440. The Morgan fingerprint density at radius 2 is 1.49 bits per heavy atom. The molecule has 3 atom stereocenters. The van der Waals surface area contributed by atoms with Crippen molar-refractivity contribution < 1.29 is 19.5 Å². The average Bonchev–Trinajstić information content (AvgIpc) is 3.26. The topological polar surface area (TPSA) is 108 Å². The number of hydrogen-bond donors (Lipinski definition) is 1. The van der Waals surface area contributed by atoms with Gasteiger partial charge in [-0.15, -0.1) is 0 Å². The number of carboxylic acid groups (broad SMARTS) is 1. The number of aliphatic carboxylic acids is 1. The minimum Gasteiger partial charge on any atom is -0.480 e. The van der Waals surface area contributed by atoms with E-state index >= 15 is 0 Å². The first-order valence-electron chi connectivity index (χ1n) is 12.8. The van der Waals surface area contributed by atoms with Crippen LogP contribution in [-0.4, -0.2) is 69.6 Å². The van der Waals surface area contributed by atoms with Gasteiger partial charge in [0, 0.05) is 20.1 Å². The van der Waals surface area contributed by atoms with E-state index < -0.39 is 24.1 Å². The maximum Gasteiger partial charge on any atom is 0.329 e. The predicted octanol–water partition coefficient (Wildman–Crippen LogP) is 4.67. The summed E-state index contributed by atoms with van der Waals surface area (Å²) in [5.41, 5.74) is 2.66. The van der Waals surface area contributed by atoms with Gasteiger partial charge < -0.3 is 19.8 Å². The zero-order valence-corrected chi connectivity index (χ0v) is 21.6. The van der Waals surface area contributed by atoms with Crippen molar-refractivity contribution in [2.75, 3.05) is 18.5 Å². The molecule has 2 heterocycles. The first kappa shape index (κ1) is 25.8. The number of carboxylic acids is 1. The largest absolute Gasteiger partial charge is 0.480 e. The van der Waals surface area contributed by atoms with Crippen molar-refractivity contribution >= 4 is 29.4 Å². The van der Waals surface area contributed by atoms with Crippen molar-refractivity contribution in [2.24, 2.45) is 0 Å². The Bertz CT molecular complexity index is 1350. The van der Waals surface area contributed by atoms with Crippen LogP contribution in [0.15, 0.2) is 84.9 Å². The summed E-state index contributed by atoms with van der Waals surface area (Å²) in [5, 5.41) is 19.4. The zero-order valence-electron chi connectivity index (χ0n) is 21.6. The number of nitrogens with zero attached hydrogens (tertiary/aromatic N) is 5. The summed E-state index contributed by atoms with van der Waals surface area (Å²) in [5.74, 6) is -1.14. The molecule has 0 aliphatic carbocycles. The zero-order chi connectivity index (χ0) is 27.5. The van der Waals surface area contributed by atoms with E-state index in [0.29, 0.717) is 36.3 Å². The number of carbonyl (C=O) groups is 3. The quantitative estimate of drug-likeness (QED) is 0.523. The van der Waals surface area contributed by atoms with Crippen LogP contribution in [0, 0.1) is 11.3 Å². The molecule has 2 bridgehead atoms. The maximum atomic E-state index is 14.1. The van der Waals surface area contributed by atoms with Crippen LogP contribution < -0.4 is 4.90 Å². The van der Waals surface area contributed by atoms with Gasteiger partial charge in [-0.1, -0.05) is 48.5 Å². The number of amides is 4. The number of piperazine rings is 1. The molecule has 0 radical (unpaired) electrons. The highest BCUT2D eigenvalue weighted by Gasteiger charge is 2.54. The first-order valence-corrected chi connectivity index (χ1v) is 12.8. The normalized spacial score (nSPS) is 19.7. The number of anilines is 2. The van der Waals surface area contributed by atoms with Gasteiger partial charge in [0.2, 0.25) is 0 Å². The van der Waals surface area contributed by atoms with Gasteiger partial charge in [0.05, 0.1) is 35.1 Å². The molecule has 0 aromatic heterocycles. The highest BCUT2D eigenvalue weighted by molar-refractivity contribution is 6.01. The summed E-state index contributed by atoms with van der Waals surface area (Å²) in [7, 11) is 1.68.